The number of carbonyl (C=O) groups excluding carboxylic acids is 1. The number of anilines is 1. The van der Waals surface area contributed by atoms with Gasteiger partial charge in [-0.3, -0.25) is 4.79 Å². The minimum atomic E-state index is -0.743. The van der Waals surface area contributed by atoms with Crippen LogP contribution in [-0.2, 0) is 4.79 Å². The molecule has 2 rings (SSSR count). The summed E-state index contributed by atoms with van der Waals surface area (Å²) < 4.78 is 26.3. The van der Waals surface area contributed by atoms with Gasteiger partial charge in [-0.1, -0.05) is 6.92 Å². The van der Waals surface area contributed by atoms with E-state index in [2.05, 4.69) is 12.2 Å². The summed E-state index contributed by atoms with van der Waals surface area (Å²) in [4.78, 5) is 13.4. The zero-order valence-electron chi connectivity index (χ0n) is 11.9. The molecule has 1 amide bonds. The predicted octanol–water partition coefficient (Wildman–Crippen LogP) is 1.61. The van der Waals surface area contributed by atoms with Gasteiger partial charge >= 0.3 is 0 Å². The molecule has 1 aromatic rings. The summed E-state index contributed by atoms with van der Waals surface area (Å²) in [5, 5.41) is 2.55. The summed E-state index contributed by atoms with van der Waals surface area (Å²) in [6.45, 7) is 5.96. The molecule has 0 aromatic heterocycles. The Labute approximate surface area is 118 Å². The molecule has 3 atom stereocenters. The molecule has 1 heterocycles. The van der Waals surface area contributed by atoms with Crippen molar-refractivity contribution in [3.8, 4) is 0 Å². The lowest BCUT2D eigenvalue weighted by molar-refractivity contribution is -0.922. The van der Waals surface area contributed by atoms with Gasteiger partial charge in [-0.05, 0) is 31.9 Å². The molecule has 1 aliphatic rings. The van der Waals surface area contributed by atoms with Gasteiger partial charge in [-0.2, -0.15) is 0 Å². The predicted molar refractivity (Wildman–Crippen MR) is 73.5 cm³/mol. The van der Waals surface area contributed by atoms with E-state index in [9.17, 15) is 13.6 Å². The zero-order chi connectivity index (χ0) is 14.7. The van der Waals surface area contributed by atoms with Gasteiger partial charge in [-0.15, -0.1) is 0 Å². The average molecular weight is 283 g/mol. The number of quaternary nitrogens is 1. The molecule has 110 valence electrons. The molecule has 1 aliphatic heterocycles. The molecular weight excluding hydrogens is 262 g/mol. The van der Waals surface area contributed by atoms with E-state index in [-0.39, 0.29) is 17.6 Å². The van der Waals surface area contributed by atoms with E-state index in [1.54, 1.807) is 0 Å². The Bertz CT molecular complexity index is 493. The minimum absolute atomic E-state index is 0.0349. The third kappa shape index (κ3) is 3.54. The molecule has 0 spiro atoms. The van der Waals surface area contributed by atoms with Crippen LogP contribution in [0.25, 0.3) is 0 Å². The quantitative estimate of drug-likeness (QED) is 0.868. The van der Waals surface area contributed by atoms with Crippen molar-refractivity contribution in [2.45, 2.75) is 32.7 Å². The number of likely N-dealkylation sites (tertiary alicyclic amines) is 1. The number of nitrogens with one attached hydrogen (secondary N) is 2. The second-order valence-electron chi connectivity index (χ2n) is 5.69. The van der Waals surface area contributed by atoms with Crippen molar-refractivity contribution in [2.75, 3.05) is 18.4 Å². The van der Waals surface area contributed by atoms with Gasteiger partial charge in [0, 0.05) is 12.0 Å². The van der Waals surface area contributed by atoms with Crippen LogP contribution in [0.2, 0.25) is 0 Å². The van der Waals surface area contributed by atoms with Gasteiger partial charge in [0.25, 0.3) is 5.91 Å². The van der Waals surface area contributed by atoms with Crippen molar-refractivity contribution < 1.29 is 18.5 Å². The second kappa shape index (κ2) is 6.31. The normalized spacial score (nSPS) is 24.2. The van der Waals surface area contributed by atoms with E-state index in [1.807, 2.05) is 6.92 Å². The first-order valence-corrected chi connectivity index (χ1v) is 7.08. The van der Waals surface area contributed by atoms with Gasteiger partial charge in [-0.25, -0.2) is 8.78 Å². The van der Waals surface area contributed by atoms with Crippen molar-refractivity contribution in [2.24, 2.45) is 5.92 Å². The van der Waals surface area contributed by atoms with Crippen LogP contribution in [0.1, 0.15) is 26.7 Å². The first kappa shape index (κ1) is 14.9. The standard InChI is InChI=1S/C15H20F2N2O/c1-10-4-3-7-19(9-10)11(2)15(20)18-14-6-5-12(16)8-13(14)17/h5-6,8,10-11H,3-4,7,9H2,1-2H3,(H,18,20)/p+1/t10-,11-/m0/s1. The number of piperidine rings is 1. The Morgan fingerprint density at radius 2 is 2.20 bits per heavy atom. The Hall–Kier alpha value is -1.49. The molecular formula is C15H21F2N2O+. The van der Waals surface area contributed by atoms with Crippen LogP contribution in [0.3, 0.4) is 0 Å². The number of hydrogen-bond donors (Lipinski definition) is 2. The van der Waals surface area contributed by atoms with Crippen molar-refractivity contribution in [1.82, 2.24) is 0 Å². The molecule has 1 aromatic carbocycles. The fraction of sp³-hybridized carbons (Fsp3) is 0.533. The fourth-order valence-corrected chi connectivity index (χ4v) is 2.74. The van der Waals surface area contributed by atoms with Crippen LogP contribution in [0.5, 0.6) is 0 Å². The van der Waals surface area contributed by atoms with Crippen molar-refractivity contribution in [3.63, 3.8) is 0 Å². The maximum Gasteiger partial charge on any atom is 0.282 e. The van der Waals surface area contributed by atoms with E-state index in [4.69, 9.17) is 0 Å². The number of carbonyl (C=O) groups is 1. The highest BCUT2D eigenvalue weighted by Crippen LogP contribution is 2.15. The first-order valence-electron chi connectivity index (χ1n) is 7.08. The molecule has 0 aliphatic carbocycles. The molecule has 1 unspecified atom stereocenters. The Kier molecular flexibility index (Phi) is 4.70. The summed E-state index contributed by atoms with van der Waals surface area (Å²) in [5.41, 5.74) is 0.0349. The Morgan fingerprint density at radius 3 is 2.85 bits per heavy atom. The zero-order valence-corrected chi connectivity index (χ0v) is 11.9. The smallest absolute Gasteiger partial charge is 0.282 e. The summed E-state index contributed by atoms with van der Waals surface area (Å²) in [6.07, 6.45) is 2.31. The average Bonchev–Trinajstić information content (AvgIpc) is 2.41. The topological polar surface area (TPSA) is 33.5 Å². The van der Waals surface area contributed by atoms with E-state index in [0.29, 0.717) is 5.92 Å². The van der Waals surface area contributed by atoms with Crippen molar-refractivity contribution >= 4 is 11.6 Å². The van der Waals surface area contributed by atoms with E-state index < -0.39 is 11.6 Å². The lowest BCUT2D eigenvalue weighted by Crippen LogP contribution is -3.17. The van der Waals surface area contributed by atoms with Crippen LogP contribution in [0.15, 0.2) is 18.2 Å². The van der Waals surface area contributed by atoms with Crippen LogP contribution >= 0.6 is 0 Å². The summed E-state index contributed by atoms with van der Waals surface area (Å²) >= 11 is 0. The maximum absolute atomic E-state index is 13.5. The lowest BCUT2D eigenvalue weighted by atomic mass is 9.99. The van der Waals surface area contributed by atoms with Gasteiger partial charge < -0.3 is 10.2 Å². The summed E-state index contributed by atoms with van der Waals surface area (Å²) in [7, 11) is 0. The highest BCUT2D eigenvalue weighted by Gasteiger charge is 2.29. The summed E-state index contributed by atoms with van der Waals surface area (Å²) in [5.74, 6) is -1.01. The molecule has 3 nitrogen and oxygen atoms in total. The van der Waals surface area contributed by atoms with Crippen molar-refractivity contribution in [3.05, 3.63) is 29.8 Å². The number of hydrogen-bond acceptors (Lipinski definition) is 1. The van der Waals surface area contributed by atoms with E-state index in [0.717, 1.165) is 31.6 Å². The lowest BCUT2D eigenvalue weighted by Gasteiger charge is -2.31. The van der Waals surface area contributed by atoms with Gasteiger partial charge in [0.1, 0.15) is 11.6 Å². The number of rotatable bonds is 3. The fourth-order valence-electron chi connectivity index (χ4n) is 2.74. The Morgan fingerprint density at radius 1 is 1.45 bits per heavy atom. The van der Waals surface area contributed by atoms with Crippen LogP contribution in [0, 0.1) is 17.6 Å². The van der Waals surface area contributed by atoms with Crippen LogP contribution in [-0.4, -0.2) is 25.0 Å². The largest absolute Gasteiger partial charge is 0.325 e. The van der Waals surface area contributed by atoms with Gasteiger partial charge in [0.05, 0.1) is 18.8 Å². The molecule has 1 fully saturated rings. The monoisotopic (exact) mass is 283 g/mol. The Balaban J connectivity index is 2.00. The minimum Gasteiger partial charge on any atom is -0.325 e. The van der Waals surface area contributed by atoms with Crippen LogP contribution < -0.4 is 10.2 Å². The molecule has 2 N–H and O–H groups in total. The second-order valence-corrected chi connectivity index (χ2v) is 5.69. The van der Waals surface area contributed by atoms with Crippen LogP contribution in [0.4, 0.5) is 14.5 Å². The molecule has 1 saturated heterocycles. The van der Waals surface area contributed by atoms with E-state index >= 15 is 0 Å². The molecule has 5 heteroatoms. The van der Waals surface area contributed by atoms with Gasteiger partial charge in [0.2, 0.25) is 0 Å². The first-order chi connectivity index (χ1) is 9.47. The molecule has 0 bridgehead atoms. The maximum atomic E-state index is 13.5. The highest BCUT2D eigenvalue weighted by atomic mass is 19.1. The molecule has 20 heavy (non-hydrogen) atoms. The van der Waals surface area contributed by atoms with E-state index in [1.165, 1.54) is 17.4 Å². The third-order valence-corrected chi connectivity index (χ3v) is 4.00. The number of benzene rings is 1. The SMILES string of the molecule is C[C@H]1CCC[NH+]([C@@H](C)C(=O)Nc2ccc(F)cc2F)C1. The molecule has 0 saturated carbocycles. The van der Waals surface area contributed by atoms with Crippen molar-refractivity contribution in [1.29, 1.82) is 0 Å². The number of halogens is 2. The highest BCUT2D eigenvalue weighted by molar-refractivity contribution is 5.93. The number of amides is 1. The summed E-state index contributed by atoms with van der Waals surface area (Å²) in [6, 6.07) is 2.93. The third-order valence-electron chi connectivity index (χ3n) is 4.00. The molecule has 0 radical (unpaired) electrons. The van der Waals surface area contributed by atoms with Gasteiger partial charge in [0.15, 0.2) is 6.04 Å².